The molecule has 162 valence electrons. The van der Waals surface area contributed by atoms with Gasteiger partial charge in [-0.25, -0.2) is 9.59 Å². The smallest absolute Gasteiger partial charge is 0.341 e. The van der Waals surface area contributed by atoms with E-state index < -0.39 is 17.8 Å². The van der Waals surface area contributed by atoms with Crippen molar-refractivity contribution in [3.05, 3.63) is 38.5 Å². The number of H-pyrrole nitrogens is 1. The highest BCUT2D eigenvalue weighted by Gasteiger charge is 2.26. The zero-order valence-electron chi connectivity index (χ0n) is 18.0. The average Bonchev–Trinajstić information content (AvgIpc) is 3.17. The van der Waals surface area contributed by atoms with E-state index in [2.05, 4.69) is 10.3 Å². The Bertz CT molecular complexity index is 1000. The minimum Gasteiger partial charge on any atom is -0.465 e. The lowest BCUT2D eigenvalue weighted by atomic mass is 10.1. The molecule has 2 rings (SSSR count). The number of hydrogen-bond donors (Lipinski definition) is 2. The van der Waals surface area contributed by atoms with Crippen molar-refractivity contribution >= 4 is 40.0 Å². The van der Waals surface area contributed by atoms with Gasteiger partial charge in [0.2, 0.25) is 5.91 Å². The van der Waals surface area contributed by atoms with Gasteiger partial charge < -0.3 is 19.8 Å². The van der Waals surface area contributed by atoms with E-state index in [4.69, 9.17) is 9.47 Å². The molecule has 0 atom stereocenters. The number of anilines is 1. The third kappa shape index (κ3) is 4.62. The second-order valence-corrected chi connectivity index (χ2v) is 7.89. The highest BCUT2D eigenvalue weighted by Crippen LogP contribution is 2.34. The molecule has 0 aromatic carbocycles. The minimum atomic E-state index is -0.633. The summed E-state index contributed by atoms with van der Waals surface area (Å²) in [6.45, 7) is 8.74. The van der Waals surface area contributed by atoms with Crippen molar-refractivity contribution in [3.8, 4) is 0 Å². The summed E-state index contributed by atoms with van der Waals surface area (Å²) in [7, 11) is 1.23. The van der Waals surface area contributed by atoms with Gasteiger partial charge in [-0.2, -0.15) is 0 Å². The van der Waals surface area contributed by atoms with Crippen molar-refractivity contribution < 1.29 is 28.7 Å². The molecule has 0 saturated carbocycles. The van der Waals surface area contributed by atoms with Gasteiger partial charge in [0.05, 0.1) is 37.0 Å². The fraction of sp³-hybridized carbons (Fsp3) is 0.429. The Morgan fingerprint density at radius 1 is 1.07 bits per heavy atom. The van der Waals surface area contributed by atoms with E-state index in [0.717, 1.165) is 10.4 Å². The van der Waals surface area contributed by atoms with Crippen LogP contribution in [-0.4, -0.2) is 42.3 Å². The number of methoxy groups -OCH3 is 1. The number of esters is 2. The van der Waals surface area contributed by atoms with E-state index in [1.807, 2.05) is 13.8 Å². The van der Waals surface area contributed by atoms with Gasteiger partial charge >= 0.3 is 11.9 Å². The molecule has 2 heterocycles. The third-order valence-electron chi connectivity index (χ3n) is 4.70. The first-order valence-corrected chi connectivity index (χ1v) is 10.4. The lowest BCUT2D eigenvalue weighted by Gasteiger charge is -2.08. The van der Waals surface area contributed by atoms with Gasteiger partial charge in [-0.05, 0) is 38.3 Å². The fourth-order valence-electron chi connectivity index (χ4n) is 3.36. The van der Waals surface area contributed by atoms with Gasteiger partial charge in [0.1, 0.15) is 5.00 Å². The number of aromatic nitrogens is 1. The zero-order chi connectivity index (χ0) is 22.6. The molecule has 0 aliphatic heterocycles. The predicted octanol–water partition coefficient (Wildman–Crippen LogP) is 3.60. The monoisotopic (exact) mass is 434 g/mol. The number of carbonyl (C=O) groups is 4. The molecule has 0 spiro atoms. The van der Waals surface area contributed by atoms with Crippen molar-refractivity contribution in [2.75, 3.05) is 19.0 Å². The number of carbonyl (C=O) groups excluding carboxylic acids is 4. The van der Waals surface area contributed by atoms with Crippen LogP contribution in [0.2, 0.25) is 0 Å². The number of nitrogens with one attached hydrogen (secondary N) is 2. The maximum atomic E-state index is 12.8. The molecule has 0 radical (unpaired) electrons. The summed E-state index contributed by atoms with van der Waals surface area (Å²) in [4.78, 5) is 53.0. The summed E-state index contributed by atoms with van der Waals surface area (Å²) in [6.07, 6.45) is 0.426. The minimum absolute atomic E-state index is 0.167. The van der Waals surface area contributed by atoms with Gasteiger partial charge in [-0.1, -0.05) is 6.92 Å². The largest absolute Gasteiger partial charge is 0.465 e. The normalized spacial score (nSPS) is 10.6. The van der Waals surface area contributed by atoms with Crippen LogP contribution in [0.25, 0.3) is 0 Å². The lowest BCUT2D eigenvalue weighted by Crippen LogP contribution is -2.18. The van der Waals surface area contributed by atoms with Gasteiger partial charge in [-0.15, -0.1) is 11.3 Å². The van der Waals surface area contributed by atoms with Crippen LogP contribution in [0.1, 0.15) is 73.7 Å². The Labute approximate surface area is 179 Å². The topological polar surface area (TPSA) is 115 Å². The molecule has 1 amide bonds. The lowest BCUT2D eigenvalue weighted by molar-refractivity contribution is -0.115. The molecule has 2 aromatic rings. The van der Waals surface area contributed by atoms with E-state index >= 15 is 0 Å². The van der Waals surface area contributed by atoms with Crippen LogP contribution >= 0.6 is 11.3 Å². The van der Waals surface area contributed by atoms with Gasteiger partial charge in [0, 0.05) is 17.5 Å². The van der Waals surface area contributed by atoms with E-state index in [0.29, 0.717) is 22.5 Å². The molecule has 0 unspecified atom stereocenters. The highest BCUT2D eigenvalue weighted by atomic mass is 32.1. The highest BCUT2D eigenvalue weighted by molar-refractivity contribution is 7.16. The van der Waals surface area contributed by atoms with Crippen LogP contribution < -0.4 is 5.32 Å². The Morgan fingerprint density at radius 3 is 2.27 bits per heavy atom. The third-order valence-corrected chi connectivity index (χ3v) is 5.76. The number of rotatable bonds is 8. The number of ether oxygens (including phenoxy) is 2. The maximum absolute atomic E-state index is 12.8. The van der Waals surface area contributed by atoms with Gasteiger partial charge in [0.15, 0.2) is 5.78 Å². The molecule has 0 aliphatic carbocycles. The molecule has 0 saturated heterocycles. The first-order valence-electron chi connectivity index (χ1n) is 9.55. The summed E-state index contributed by atoms with van der Waals surface area (Å²) in [5.41, 5.74) is 2.33. The van der Waals surface area contributed by atoms with Crippen LogP contribution in [0.5, 0.6) is 0 Å². The number of hydrogen-bond acceptors (Lipinski definition) is 7. The van der Waals surface area contributed by atoms with E-state index in [9.17, 15) is 19.2 Å². The quantitative estimate of drug-likeness (QED) is 0.485. The van der Waals surface area contributed by atoms with Gasteiger partial charge in [0.25, 0.3) is 0 Å². The molecule has 0 fully saturated rings. The molecular formula is C21H26N2O6S. The summed E-state index contributed by atoms with van der Waals surface area (Å²) in [5.74, 6) is -1.81. The summed E-state index contributed by atoms with van der Waals surface area (Å²) >= 11 is 1.30. The summed E-state index contributed by atoms with van der Waals surface area (Å²) in [5, 5.41) is 3.16. The van der Waals surface area contributed by atoms with E-state index in [1.54, 1.807) is 13.8 Å². The van der Waals surface area contributed by atoms with Crippen LogP contribution in [0.15, 0.2) is 0 Å². The Kier molecular flexibility index (Phi) is 7.55. The van der Waals surface area contributed by atoms with Crippen molar-refractivity contribution in [2.24, 2.45) is 0 Å². The number of Topliss-reactive ketones (excluding diaryl/α,β-unsaturated/α-hetero) is 1. The molecule has 2 aromatic heterocycles. The van der Waals surface area contributed by atoms with Crippen molar-refractivity contribution in [1.82, 2.24) is 4.98 Å². The first kappa shape index (κ1) is 23.3. The van der Waals surface area contributed by atoms with Crippen molar-refractivity contribution in [3.63, 3.8) is 0 Å². The molecule has 0 aliphatic rings. The van der Waals surface area contributed by atoms with Crippen molar-refractivity contribution in [2.45, 2.75) is 47.5 Å². The van der Waals surface area contributed by atoms with Crippen LogP contribution in [0.4, 0.5) is 5.00 Å². The summed E-state index contributed by atoms with van der Waals surface area (Å²) < 4.78 is 9.95. The number of ketones is 1. The number of aromatic amines is 1. The summed E-state index contributed by atoms with van der Waals surface area (Å²) in [6, 6.07) is 0. The maximum Gasteiger partial charge on any atom is 0.341 e. The van der Waals surface area contributed by atoms with Gasteiger partial charge in [-0.3, -0.25) is 9.59 Å². The Balaban J connectivity index is 2.37. The molecule has 0 bridgehead atoms. The molecular weight excluding hydrogens is 408 g/mol. The average molecular weight is 435 g/mol. The Hall–Kier alpha value is -2.94. The molecule has 2 N–H and O–H groups in total. The number of thiophene rings is 1. The van der Waals surface area contributed by atoms with Crippen LogP contribution in [-0.2, 0) is 27.1 Å². The Morgan fingerprint density at radius 2 is 1.73 bits per heavy atom. The number of aryl methyl sites for hydroxylation is 1. The molecule has 9 heteroatoms. The number of amides is 1. The second kappa shape index (κ2) is 9.71. The van der Waals surface area contributed by atoms with E-state index in [1.165, 1.54) is 25.4 Å². The molecule has 30 heavy (non-hydrogen) atoms. The SMILES string of the molecule is CCOC(=O)c1c(NC(=O)Cc2[nH]c(C(C)=O)c(C)c2C(=O)OC)sc(C)c1CC. The first-order chi connectivity index (χ1) is 14.2. The van der Waals surface area contributed by atoms with Crippen LogP contribution in [0.3, 0.4) is 0 Å². The fourth-order valence-corrected chi connectivity index (χ4v) is 4.51. The zero-order valence-corrected chi connectivity index (χ0v) is 18.8. The van der Waals surface area contributed by atoms with Crippen LogP contribution in [0, 0.1) is 13.8 Å². The van der Waals surface area contributed by atoms with E-state index in [-0.39, 0.29) is 35.8 Å². The predicted molar refractivity (Wildman–Crippen MR) is 114 cm³/mol. The molecule has 8 nitrogen and oxygen atoms in total. The standard InChI is InChI=1S/C21H26N2O6S/c1-7-13-12(5)30-19(17(13)21(27)29-8-2)23-15(25)9-14-16(20(26)28-6)10(3)18(22-14)11(4)24/h22H,7-9H2,1-6H3,(H,23,25). The second-order valence-electron chi connectivity index (χ2n) is 6.67. The van der Waals surface area contributed by atoms with Crippen molar-refractivity contribution in [1.29, 1.82) is 0 Å².